The van der Waals surface area contributed by atoms with Crippen LogP contribution in [0.2, 0.25) is 0 Å². The van der Waals surface area contributed by atoms with Gasteiger partial charge in [0.25, 0.3) is 11.8 Å². The summed E-state index contributed by atoms with van der Waals surface area (Å²) in [6.45, 7) is 0.929. The SMILES string of the molecule is Nc1ccc(S(=O)(=O)NCCOCCOCCNc2cc3c(cc2F)C(=O)N(C2CCC(=O)NC2=O)C3=O)cc1. The summed E-state index contributed by atoms with van der Waals surface area (Å²) in [6.07, 6.45) is -0.0106. The average Bonchev–Trinajstić information content (AvgIpc) is 3.14. The third kappa shape index (κ3) is 6.62. The molecule has 0 aromatic heterocycles. The quantitative estimate of drug-likeness (QED) is 0.146. The molecule has 0 aliphatic carbocycles. The van der Waals surface area contributed by atoms with E-state index in [1.807, 2.05) is 0 Å². The van der Waals surface area contributed by atoms with E-state index in [1.165, 1.54) is 30.3 Å². The molecule has 0 saturated carbocycles. The Morgan fingerprint density at radius 2 is 1.57 bits per heavy atom. The Hall–Kier alpha value is -3.92. The van der Waals surface area contributed by atoms with E-state index in [-0.39, 0.29) is 74.1 Å². The Bertz CT molecular complexity index is 1420. The number of ether oxygens (including phenoxy) is 2. The lowest BCUT2D eigenvalue weighted by Gasteiger charge is -2.27. The van der Waals surface area contributed by atoms with Gasteiger partial charge in [-0.1, -0.05) is 0 Å². The number of nitrogens with one attached hydrogen (secondary N) is 3. The fraction of sp³-hybridized carbons (Fsp3) is 0.360. The first-order chi connectivity index (χ1) is 19.1. The van der Waals surface area contributed by atoms with Crippen LogP contribution in [0.25, 0.3) is 0 Å². The Balaban J connectivity index is 1.16. The highest BCUT2D eigenvalue weighted by atomic mass is 32.2. The van der Waals surface area contributed by atoms with Crippen molar-refractivity contribution in [3.63, 3.8) is 0 Å². The van der Waals surface area contributed by atoms with E-state index >= 15 is 0 Å². The molecule has 214 valence electrons. The van der Waals surface area contributed by atoms with Crippen LogP contribution in [0.1, 0.15) is 33.6 Å². The van der Waals surface area contributed by atoms with Gasteiger partial charge in [0.15, 0.2) is 0 Å². The lowest BCUT2D eigenvalue weighted by Crippen LogP contribution is -2.54. The highest BCUT2D eigenvalue weighted by Crippen LogP contribution is 2.31. The summed E-state index contributed by atoms with van der Waals surface area (Å²) in [7, 11) is -3.66. The predicted molar refractivity (Wildman–Crippen MR) is 139 cm³/mol. The lowest BCUT2D eigenvalue weighted by molar-refractivity contribution is -0.136. The van der Waals surface area contributed by atoms with Gasteiger partial charge in [-0.15, -0.1) is 0 Å². The van der Waals surface area contributed by atoms with Crippen molar-refractivity contribution < 1.29 is 41.5 Å². The summed E-state index contributed by atoms with van der Waals surface area (Å²) in [5.41, 5.74) is 5.81. The van der Waals surface area contributed by atoms with E-state index in [4.69, 9.17) is 15.2 Å². The third-order valence-corrected chi connectivity index (χ3v) is 7.67. The Morgan fingerprint density at radius 3 is 2.23 bits per heavy atom. The van der Waals surface area contributed by atoms with Crippen LogP contribution in [0.3, 0.4) is 0 Å². The van der Waals surface area contributed by atoms with Gasteiger partial charge in [0.05, 0.1) is 48.1 Å². The molecule has 0 bridgehead atoms. The number of nitrogens with zero attached hydrogens (tertiary/aromatic N) is 1. The maximum Gasteiger partial charge on any atom is 0.262 e. The van der Waals surface area contributed by atoms with Crippen molar-refractivity contribution in [2.24, 2.45) is 0 Å². The minimum Gasteiger partial charge on any atom is -0.399 e. The number of hydrogen-bond acceptors (Lipinski definition) is 10. The van der Waals surface area contributed by atoms with Crippen LogP contribution in [-0.2, 0) is 29.1 Å². The van der Waals surface area contributed by atoms with Gasteiger partial charge in [0, 0.05) is 25.2 Å². The van der Waals surface area contributed by atoms with Crippen LogP contribution in [0.5, 0.6) is 0 Å². The maximum atomic E-state index is 14.6. The zero-order valence-corrected chi connectivity index (χ0v) is 22.1. The van der Waals surface area contributed by atoms with Gasteiger partial charge in [-0.05, 0) is 42.8 Å². The minimum absolute atomic E-state index is 0.00398. The molecule has 40 heavy (non-hydrogen) atoms. The summed E-state index contributed by atoms with van der Waals surface area (Å²) in [5.74, 6) is -3.51. The summed E-state index contributed by atoms with van der Waals surface area (Å²) in [6, 6.07) is 6.82. The molecule has 0 spiro atoms. The largest absolute Gasteiger partial charge is 0.399 e. The van der Waals surface area contributed by atoms with E-state index < -0.39 is 45.5 Å². The smallest absolute Gasteiger partial charge is 0.262 e. The number of benzene rings is 2. The van der Waals surface area contributed by atoms with Gasteiger partial charge in [-0.2, -0.15) is 0 Å². The molecule has 13 nitrogen and oxygen atoms in total. The van der Waals surface area contributed by atoms with Crippen molar-refractivity contribution in [2.75, 3.05) is 50.6 Å². The number of amides is 4. The van der Waals surface area contributed by atoms with Crippen molar-refractivity contribution in [2.45, 2.75) is 23.8 Å². The number of anilines is 2. The molecular formula is C25H28FN5O8S. The molecule has 0 radical (unpaired) electrons. The molecule has 4 rings (SSSR count). The number of halogens is 1. The topological polar surface area (TPSA) is 186 Å². The lowest BCUT2D eigenvalue weighted by atomic mass is 10.0. The predicted octanol–water partition coefficient (Wildman–Crippen LogP) is 0.233. The number of imide groups is 2. The number of fused-ring (bicyclic) bond motifs is 1. The Kier molecular flexibility index (Phi) is 9.09. The molecule has 1 unspecified atom stereocenters. The number of hydrogen-bond donors (Lipinski definition) is 4. The highest BCUT2D eigenvalue weighted by Gasteiger charge is 2.45. The van der Waals surface area contributed by atoms with Crippen LogP contribution in [0, 0.1) is 5.82 Å². The number of nitrogens with two attached hydrogens (primary N) is 1. The summed E-state index contributed by atoms with van der Waals surface area (Å²) in [5, 5.41) is 4.91. The molecule has 2 aromatic carbocycles. The van der Waals surface area contributed by atoms with Crippen LogP contribution >= 0.6 is 0 Å². The maximum absolute atomic E-state index is 14.6. The molecule has 1 fully saturated rings. The van der Waals surface area contributed by atoms with Gasteiger partial charge in [0.2, 0.25) is 21.8 Å². The second-order valence-electron chi connectivity index (χ2n) is 8.94. The van der Waals surface area contributed by atoms with Gasteiger partial charge in [-0.25, -0.2) is 17.5 Å². The summed E-state index contributed by atoms with van der Waals surface area (Å²) in [4.78, 5) is 50.0. The average molecular weight is 578 g/mol. The highest BCUT2D eigenvalue weighted by molar-refractivity contribution is 7.89. The zero-order chi connectivity index (χ0) is 28.9. The van der Waals surface area contributed by atoms with E-state index in [9.17, 15) is 32.0 Å². The second-order valence-corrected chi connectivity index (χ2v) is 10.7. The Morgan fingerprint density at radius 1 is 0.950 bits per heavy atom. The molecule has 2 heterocycles. The molecule has 5 N–H and O–H groups in total. The zero-order valence-electron chi connectivity index (χ0n) is 21.3. The number of piperidine rings is 1. The molecular weight excluding hydrogens is 549 g/mol. The van der Waals surface area contributed by atoms with Crippen molar-refractivity contribution in [3.8, 4) is 0 Å². The monoisotopic (exact) mass is 577 g/mol. The number of rotatable bonds is 13. The summed E-state index contributed by atoms with van der Waals surface area (Å²) < 4.78 is 52.1. The minimum atomic E-state index is -3.66. The van der Waals surface area contributed by atoms with Gasteiger partial charge >= 0.3 is 0 Å². The number of carbonyl (C=O) groups excluding carboxylic acids is 4. The molecule has 2 aromatic rings. The van der Waals surface area contributed by atoms with Crippen LogP contribution in [0.15, 0.2) is 41.3 Å². The molecule has 1 atom stereocenters. The second kappa shape index (κ2) is 12.5. The van der Waals surface area contributed by atoms with Gasteiger partial charge in [0.1, 0.15) is 11.9 Å². The van der Waals surface area contributed by atoms with Crippen molar-refractivity contribution in [1.82, 2.24) is 14.9 Å². The first-order valence-electron chi connectivity index (χ1n) is 12.4. The molecule has 4 amide bonds. The molecule has 2 aliphatic heterocycles. The molecule has 1 saturated heterocycles. The van der Waals surface area contributed by atoms with Gasteiger partial charge < -0.3 is 20.5 Å². The number of nitrogen functional groups attached to an aromatic ring is 1. The fourth-order valence-corrected chi connectivity index (χ4v) is 5.20. The van der Waals surface area contributed by atoms with E-state index in [0.29, 0.717) is 5.69 Å². The molecule has 2 aliphatic rings. The number of sulfonamides is 1. The van der Waals surface area contributed by atoms with Crippen molar-refractivity contribution in [3.05, 3.63) is 53.3 Å². The van der Waals surface area contributed by atoms with Crippen molar-refractivity contribution >= 4 is 45.0 Å². The first kappa shape index (κ1) is 29.1. The summed E-state index contributed by atoms with van der Waals surface area (Å²) >= 11 is 0. The van der Waals surface area contributed by atoms with E-state index in [0.717, 1.165) is 11.0 Å². The van der Waals surface area contributed by atoms with Gasteiger partial charge in [-0.3, -0.25) is 29.4 Å². The Labute approximate surface area is 229 Å². The van der Waals surface area contributed by atoms with Crippen LogP contribution < -0.4 is 21.1 Å². The number of carbonyl (C=O) groups is 4. The van der Waals surface area contributed by atoms with Crippen molar-refractivity contribution in [1.29, 1.82) is 0 Å². The normalized spacial score (nSPS) is 17.2. The standard InChI is InChI=1S/C25H28FN5O8S/c26-19-13-17-18(25(35)31(24(17)34)21-5-6-22(32)30-23(21)33)14-20(19)28-7-9-38-11-12-39-10-8-29-40(36,37)16-3-1-15(27)2-4-16/h1-4,13-14,21,28-29H,5-12,27H2,(H,30,32,33). The molecule has 15 heteroatoms. The fourth-order valence-electron chi connectivity index (χ4n) is 4.18. The van der Waals surface area contributed by atoms with E-state index in [2.05, 4.69) is 15.4 Å². The van der Waals surface area contributed by atoms with Crippen LogP contribution in [0.4, 0.5) is 15.8 Å². The first-order valence-corrected chi connectivity index (χ1v) is 13.9. The van der Waals surface area contributed by atoms with Crippen LogP contribution in [-0.4, -0.2) is 82.5 Å². The third-order valence-electron chi connectivity index (χ3n) is 6.19. The van der Waals surface area contributed by atoms with E-state index in [1.54, 1.807) is 0 Å².